The molecule has 0 fully saturated rings. The van der Waals surface area contributed by atoms with E-state index in [1.165, 1.54) is 11.6 Å². The van der Waals surface area contributed by atoms with E-state index in [4.69, 9.17) is 4.74 Å². The van der Waals surface area contributed by atoms with Crippen LogP contribution in [0.2, 0.25) is 0 Å². The lowest BCUT2D eigenvalue weighted by molar-refractivity contribution is -0.129. The van der Waals surface area contributed by atoms with Crippen LogP contribution in [0.3, 0.4) is 0 Å². The van der Waals surface area contributed by atoms with Crippen LogP contribution in [0.15, 0.2) is 30.9 Å². The quantitative estimate of drug-likeness (QED) is 0.438. The van der Waals surface area contributed by atoms with Gasteiger partial charge in [-0.1, -0.05) is 32.6 Å². The van der Waals surface area contributed by atoms with Gasteiger partial charge in [-0.15, -0.1) is 0 Å². The average Bonchev–Trinajstić information content (AvgIpc) is 2.30. The summed E-state index contributed by atoms with van der Waals surface area (Å²) in [6.45, 7) is 9.66. The highest BCUT2D eigenvalue weighted by molar-refractivity contribution is 5.83. The Morgan fingerprint density at radius 2 is 2.25 bits per heavy atom. The number of carbonyl (C=O) groups is 1. The van der Waals surface area contributed by atoms with Crippen molar-refractivity contribution in [1.29, 1.82) is 0 Å². The first-order chi connectivity index (χ1) is 7.58. The Morgan fingerprint density at radius 1 is 1.56 bits per heavy atom. The van der Waals surface area contributed by atoms with Gasteiger partial charge in [0.15, 0.2) is 0 Å². The first-order valence-corrected chi connectivity index (χ1v) is 5.53. The first kappa shape index (κ1) is 12.5. The van der Waals surface area contributed by atoms with Gasteiger partial charge in [0.1, 0.15) is 5.75 Å². The van der Waals surface area contributed by atoms with Crippen LogP contribution in [-0.4, -0.2) is 5.97 Å². The minimum absolute atomic E-state index is 0.417. The maximum Gasteiger partial charge on any atom is 0.335 e. The molecule has 0 saturated carbocycles. The van der Waals surface area contributed by atoms with Crippen molar-refractivity contribution in [1.82, 2.24) is 0 Å². The molecule has 0 spiro atoms. The molecule has 2 heteroatoms. The molecule has 1 aromatic carbocycles. The molecule has 0 aromatic heterocycles. The third-order valence-electron chi connectivity index (χ3n) is 2.76. The average molecular weight is 218 g/mol. The van der Waals surface area contributed by atoms with Crippen LogP contribution in [0.4, 0.5) is 0 Å². The summed E-state index contributed by atoms with van der Waals surface area (Å²) in [6, 6.07) is 5.92. The second kappa shape index (κ2) is 5.50. The lowest BCUT2D eigenvalue weighted by Gasteiger charge is -2.12. The maximum absolute atomic E-state index is 11.1. The van der Waals surface area contributed by atoms with Gasteiger partial charge in [0, 0.05) is 6.08 Å². The number of hydrogen-bond donors (Lipinski definition) is 0. The van der Waals surface area contributed by atoms with Crippen molar-refractivity contribution < 1.29 is 9.53 Å². The summed E-state index contributed by atoms with van der Waals surface area (Å²) < 4.78 is 5.11. The van der Waals surface area contributed by atoms with Gasteiger partial charge < -0.3 is 4.74 Å². The topological polar surface area (TPSA) is 26.3 Å². The van der Waals surface area contributed by atoms with E-state index in [0.29, 0.717) is 11.7 Å². The van der Waals surface area contributed by atoms with Crippen LogP contribution in [-0.2, 0) is 4.79 Å². The molecule has 0 aliphatic heterocycles. The zero-order valence-corrected chi connectivity index (χ0v) is 10.1. The van der Waals surface area contributed by atoms with E-state index in [1.54, 1.807) is 0 Å². The molecule has 86 valence electrons. The van der Waals surface area contributed by atoms with Crippen molar-refractivity contribution in [3.8, 4) is 5.75 Å². The Hall–Kier alpha value is -1.57. The molecular formula is C14H18O2. The van der Waals surface area contributed by atoms with Crippen molar-refractivity contribution in [2.24, 2.45) is 0 Å². The van der Waals surface area contributed by atoms with Gasteiger partial charge in [-0.3, -0.25) is 0 Å². The first-order valence-electron chi connectivity index (χ1n) is 5.53. The molecule has 1 aromatic rings. The highest BCUT2D eigenvalue weighted by Gasteiger charge is 2.07. The molecule has 0 aliphatic carbocycles. The molecule has 0 heterocycles. The van der Waals surface area contributed by atoms with E-state index < -0.39 is 5.97 Å². The fourth-order valence-corrected chi connectivity index (χ4v) is 1.48. The molecule has 1 atom stereocenters. The smallest absolute Gasteiger partial charge is 0.335 e. The summed E-state index contributed by atoms with van der Waals surface area (Å²) in [7, 11) is 0. The molecule has 0 amide bonds. The van der Waals surface area contributed by atoms with E-state index in [9.17, 15) is 4.79 Å². The molecule has 16 heavy (non-hydrogen) atoms. The predicted molar refractivity (Wildman–Crippen MR) is 65.7 cm³/mol. The van der Waals surface area contributed by atoms with Gasteiger partial charge in [-0.05, 0) is 36.5 Å². The van der Waals surface area contributed by atoms with E-state index in [2.05, 4.69) is 26.5 Å². The van der Waals surface area contributed by atoms with Crippen LogP contribution >= 0.6 is 0 Å². The van der Waals surface area contributed by atoms with Gasteiger partial charge in [0.05, 0.1) is 0 Å². The van der Waals surface area contributed by atoms with Crippen molar-refractivity contribution in [2.75, 3.05) is 0 Å². The molecule has 0 N–H and O–H groups in total. The van der Waals surface area contributed by atoms with Crippen LogP contribution in [0.25, 0.3) is 0 Å². The summed E-state index contributed by atoms with van der Waals surface area (Å²) in [5.74, 6) is 0.721. The summed E-state index contributed by atoms with van der Waals surface area (Å²) in [4.78, 5) is 11.1. The van der Waals surface area contributed by atoms with E-state index >= 15 is 0 Å². The third kappa shape index (κ3) is 2.96. The number of aryl methyl sites for hydroxylation is 1. The van der Waals surface area contributed by atoms with Crippen LogP contribution in [0.1, 0.15) is 37.3 Å². The molecule has 1 unspecified atom stereocenters. The van der Waals surface area contributed by atoms with E-state index in [-0.39, 0.29) is 0 Å². The summed E-state index contributed by atoms with van der Waals surface area (Å²) in [5.41, 5.74) is 2.26. The van der Waals surface area contributed by atoms with E-state index in [0.717, 1.165) is 12.0 Å². The number of hydrogen-bond acceptors (Lipinski definition) is 2. The summed E-state index contributed by atoms with van der Waals surface area (Å²) >= 11 is 0. The highest BCUT2D eigenvalue weighted by Crippen LogP contribution is 2.25. The molecular weight excluding hydrogens is 200 g/mol. The number of carbonyl (C=O) groups excluding carboxylic acids is 1. The second-order valence-corrected chi connectivity index (χ2v) is 3.96. The zero-order chi connectivity index (χ0) is 12.1. The normalized spacial score (nSPS) is 11.9. The number of benzene rings is 1. The van der Waals surface area contributed by atoms with Crippen LogP contribution in [0.5, 0.6) is 5.75 Å². The van der Waals surface area contributed by atoms with Crippen molar-refractivity contribution in [3.05, 3.63) is 42.0 Å². The monoisotopic (exact) mass is 218 g/mol. The van der Waals surface area contributed by atoms with Gasteiger partial charge >= 0.3 is 5.97 Å². The summed E-state index contributed by atoms with van der Waals surface area (Å²) in [5, 5.41) is 0. The minimum atomic E-state index is -0.417. The van der Waals surface area contributed by atoms with Crippen molar-refractivity contribution >= 4 is 5.97 Å². The van der Waals surface area contributed by atoms with Gasteiger partial charge in [0.2, 0.25) is 0 Å². The Bertz CT molecular complexity index is 394. The Morgan fingerprint density at radius 3 is 2.75 bits per heavy atom. The molecule has 0 radical (unpaired) electrons. The zero-order valence-electron chi connectivity index (χ0n) is 10.1. The SMILES string of the molecule is C=CC(=O)Oc1ccc(C(C)CC)cc1C. The molecule has 0 aliphatic rings. The standard InChI is InChI=1S/C14H18O2/c1-5-10(3)12-7-8-13(11(4)9-12)16-14(15)6-2/h6-10H,2,5H2,1,3-4H3. The van der Waals surface area contributed by atoms with Gasteiger partial charge in [-0.25, -0.2) is 4.79 Å². The molecule has 1 rings (SSSR count). The Kier molecular flexibility index (Phi) is 4.29. The lowest BCUT2D eigenvalue weighted by Crippen LogP contribution is -2.04. The molecule has 2 nitrogen and oxygen atoms in total. The second-order valence-electron chi connectivity index (χ2n) is 3.96. The summed E-state index contributed by atoms with van der Waals surface area (Å²) in [6.07, 6.45) is 2.27. The van der Waals surface area contributed by atoms with E-state index in [1.807, 2.05) is 19.1 Å². The van der Waals surface area contributed by atoms with Crippen LogP contribution in [0, 0.1) is 6.92 Å². The van der Waals surface area contributed by atoms with Crippen molar-refractivity contribution in [2.45, 2.75) is 33.1 Å². The Balaban J connectivity index is 2.91. The van der Waals surface area contributed by atoms with Gasteiger partial charge in [-0.2, -0.15) is 0 Å². The molecule has 0 saturated heterocycles. The number of esters is 1. The minimum Gasteiger partial charge on any atom is -0.423 e. The Labute approximate surface area is 96.9 Å². The fourth-order valence-electron chi connectivity index (χ4n) is 1.48. The maximum atomic E-state index is 11.1. The molecule has 0 bridgehead atoms. The number of rotatable bonds is 4. The largest absolute Gasteiger partial charge is 0.423 e. The fraction of sp³-hybridized carbons (Fsp3) is 0.357. The highest BCUT2D eigenvalue weighted by atomic mass is 16.5. The number of ether oxygens (including phenoxy) is 1. The lowest BCUT2D eigenvalue weighted by atomic mass is 9.97. The van der Waals surface area contributed by atoms with Gasteiger partial charge in [0.25, 0.3) is 0 Å². The van der Waals surface area contributed by atoms with Crippen molar-refractivity contribution in [3.63, 3.8) is 0 Å². The predicted octanol–water partition coefficient (Wildman–Crippen LogP) is 3.60. The van der Waals surface area contributed by atoms with Crippen LogP contribution < -0.4 is 4.74 Å². The third-order valence-corrected chi connectivity index (χ3v) is 2.76.